The molecule has 0 radical (unpaired) electrons. The van der Waals surface area contributed by atoms with Crippen molar-refractivity contribution in [3.8, 4) is 5.75 Å². The average molecular weight is 402 g/mol. The number of aromatic hydroxyl groups is 1. The van der Waals surface area contributed by atoms with Crippen molar-refractivity contribution in [1.29, 1.82) is 0 Å². The number of fused-ring (bicyclic) bond motifs is 1. The van der Waals surface area contributed by atoms with E-state index in [1.165, 1.54) is 12.1 Å². The van der Waals surface area contributed by atoms with E-state index in [4.69, 9.17) is 9.15 Å². The summed E-state index contributed by atoms with van der Waals surface area (Å²) in [6.07, 6.45) is 0.829. The maximum atomic E-state index is 12.6. The second-order valence-electron chi connectivity index (χ2n) is 6.95. The molecule has 9 heteroatoms. The van der Waals surface area contributed by atoms with Crippen LogP contribution in [0.4, 0.5) is 4.79 Å². The molecule has 1 aromatic carbocycles. The molecule has 1 aliphatic heterocycles. The second-order valence-corrected chi connectivity index (χ2v) is 6.95. The molecule has 0 aliphatic carbocycles. The van der Waals surface area contributed by atoms with Crippen LogP contribution in [-0.2, 0) is 20.9 Å². The first-order valence-corrected chi connectivity index (χ1v) is 9.27. The molecule has 2 heterocycles. The monoisotopic (exact) mass is 402 g/mol. The number of benzene rings is 1. The summed E-state index contributed by atoms with van der Waals surface area (Å²) in [6, 6.07) is 3.56. The molecule has 0 atom stereocenters. The van der Waals surface area contributed by atoms with Gasteiger partial charge in [0.2, 0.25) is 0 Å². The van der Waals surface area contributed by atoms with E-state index in [2.05, 4.69) is 5.32 Å². The number of esters is 1. The lowest BCUT2D eigenvalue weighted by Gasteiger charge is -2.22. The van der Waals surface area contributed by atoms with Crippen molar-refractivity contribution in [2.75, 3.05) is 6.54 Å². The minimum atomic E-state index is -0.995. The van der Waals surface area contributed by atoms with Gasteiger partial charge in [0.05, 0.1) is 0 Å². The van der Waals surface area contributed by atoms with Crippen molar-refractivity contribution < 1.29 is 28.6 Å². The Balaban J connectivity index is 1.75. The molecule has 29 heavy (non-hydrogen) atoms. The van der Waals surface area contributed by atoms with E-state index in [9.17, 15) is 24.3 Å². The van der Waals surface area contributed by atoms with Gasteiger partial charge in [0, 0.05) is 22.6 Å². The Kier molecular flexibility index (Phi) is 5.32. The van der Waals surface area contributed by atoms with Crippen LogP contribution in [0.3, 0.4) is 0 Å². The molecule has 1 saturated heterocycles. The van der Waals surface area contributed by atoms with Crippen molar-refractivity contribution >= 4 is 28.9 Å². The largest absolute Gasteiger partial charge is 0.508 e. The Morgan fingerprint density at radius 3 is 2.55 bits per heavy atom. The number of hydrogen-bond donors (Lipinski definition) is 2. The van der Waals surface area contributed by atoms with Crippen molar-refractivity contribution in [1.82, 2.24) is 10.2 Å². The number of ether oxygens (including phenoxy) is 1. The van der Waals surface area contributed by atoms with E-state index in [1.54, 1.807) is 26.8 Å². The highest BCUT2D eigenvalue weighted by Crippen LogP contribution is 2.28. The first-order valence-electron chi connectivity index (χ1n) is 9.27. The van der Waals surface area contributed by atoms with Crippen LogP contribution in [0.5, 0.6) is 5.75 Å². The predicted octanol–water partition coefficient (Wildman–Crippen LogP) is 1.96. The van der Waals surface area contributed by atoms with Crippen LogP contribution in [0.25, 0.3) is 11.0 Å². The van der Waals surface area contributed by atoms with Crippen molar-refractivity contribution in [2.45, 2.75) is 45.8 Å². The Morgan fingerprint density at radius 2 is 1.93 bits per heavy atom. The van der Waals surface area contributed by atoms with Gasteiger partial charge in [0.25, 0.3) is 5.91 Å². The van der Waals surface area contributed by atoms with Gasteiger partial charge >= 0.3 is 17.6 Å². The molecule has 1 aromatic heterocycles. The van der Waals surface area contributed by atoms with Crippen molar-refractivity contribution in [3.63, 3.8) is 0 Å². The predicted molar refractivity (Wildman–Crippen MR) is 102 cm³/mol. The number of urea groups is 1. The average Bonchev–Trinajstić information content (AvgIpc) is 2.94. The standard InChI is InChI=1S/C20H22N2O7/c1-4-20(5-2)18(26)22(19(27)21-20)9-16(25)28-10-12-8-15(24)29-17-11(3)14(23)7-6-13(12)17/h6-8,23H,4-5,9-10H2,1-3H3,(H,21,27). The second kappa shape index (κ2) is 7.57. The number of nitrogens with zero attached hydrogens (tertiary/aromatic N) is 1. The highest BCUT2D eigenvalue weighted by atomic mass is 16.5. The summed E-state index contributed by atoms with van der Waals surface area (Å²) in [4.78, 5) is 49.6. The lowest BCUT2D eigenvalue weighted by atomic mass is 9.93. The number of imide groups is 1. The van der Waals surface area contributed by atoms with Gasteiger partial charge < -0.3 is 19.6 Å². The molecule has 2 N–H and O–H groups in total. The van der Waals surface area contributed by atoms with Crippen LogP contribution in [-0.4, -0.2) is 40.0 Å². The van der Waals surface area contributed by atoms with Crippen LogP contribution >= 0.6 is 0 Å². The zero-order valence-electron chi connectivity index (χ0n) is 16.4. The minimum Gasteiger partial charge on any atom is -0.508 e. The number of amides is 3. The van der Waals surface area contributed by atoms with Crippen LogP contribution in [0.15, 0.2) is 27.4 Å². The smallest absolute Gasteiger partial charge is 0.336 e. The van der Waals surface area contributed by atoms with Gasteiger partial charge in [-0.25, -0.2) is 9.59 Å². The third-order valence-electron chi connectivity index (χ3n) is 5.35. The zero-order valence-corrected chi connectivity index (χ0v) is 16.4. The van der Waals surface area contributed by atoms with E-state index >= 15 is 0 Å². The zero-order chi connectivity index (χ0) is 21.3. The van der Waals surface area contributed by atoms with Gasteiger partial charge in [-0.1, -0.05) is 13.8 Å². The number of phenols is 1. The maximum Gasteiger partial charge on any atom is 0.336 e. The molecular formula is C20H22N2O7. The summed E-state index contributed by atoms with van der Waals surface area (Å²) in [5.74, 6) is -1.27. The summed E-state index contributed by atoms with van der Waals surface area (Å²) < 4.78 is 10.3. The van der Waals surface area contributed by atoms with Gasteiger partial charge in [-0.2, -0.15) is 0 Å². The van der Waals surface area contributed by atoms with E-state index in [1.807, 2.05) is 0 Å². The maximum absolute atomic E-state index is 12.6. The van der Waals surface area contributed by atoms with Gasteiger partial charge in [-0.05, 0) is 31.9 Å². The highest BCUT2D eigenvalue weighted by Gasteiger charge is 2.49. The topological polar surface area (TPSA) is 126 Å². The fourth-order valence-corrected chi connectivity index (χ4v) is 3.42. The lowest BCUT2D eigenvalue weighted by molar-refractivity contribution is -0.148. The molecule has 3 rings (SSSR count). The van der Waals surface area contributed by atoms with E-state index < -0.39 is 35.6 Å². The molecule has 9 nitrogen and oxygen atoms in total. The summed E-state index contributed by atoms with van der Waals surface area (Å²) in [7, 11) is 0. The molecule has 0 saturated carbocycles. The molecule has 0 spiro atoms. The van der Waals surface area contributed by atoms with Gasteiger partial charge in [-0.3, -0.25) is 14.5 Å². The number of hydrogen-bond acceptors (Lipinski definition) is 7. The quantitative estimate of drug-likeness (QED) is 0.430. The molecule has 0 unspecified atom stereocenters. The summed E-state index contributed by atoms with van der Waals surface area (Å²) in [5, 5.41) is 12.9. The number of nitrogens with one attached hydrogen (secondary N) is 1. The van der Waals surface area contributed by atoms with Crippen LogP contribution in [0.1, 0.15) is 37.8 Å². The number of aryl methyl sites for hydroxylation is 1. The Bertz CT molecular complexity index is 1050. The van der Waals surface area contributed by atoms with Crippen molar-refractivity contribution in [2.24, 2.45) is 0 Å². The molecule has 2 aromatic rings. The highest BCUT2D eigenvalue weighted by molar-refractivity contribution is 6.08. The molecule has 0 bridgehead atoms. The number of rotatable bonds is 6. The molecular weight excluding hydrogens is 380 g/mol. The Labute approximate surface area is 166 Å². The summed E-state index contributed by atoms with van der Waals surface area (Å²) >= 11 is 0. The summed E-state index contributed by atoms with van der Waals surface area (Å²) in [5.41, 5.74) is -0.662. The van der Waals surface area contributed by atoms with Crippen LogP contribution in [0.2, 0.25) is 0 Å². The number of carbonyl (C=O) groups is 3. The fraction of sp³-hybridized carbons (Fsp3) is 0.400. The van der Waals surface area contributed by atoms with E-state index in [0.29, 0.717) is 29.4 Å². The van der Waals surface area contributed by atoms with Crippen molar-refractivity contribution in [3.05, 3.63) is 39.7 Å². The molecule has 154 valence electrons. The van der Waals surface area contributed by atoms with Gasteiger partial charge in [0.1, 0.15) is 30.0 Å². The third-order valence-corrected chi connectivity index (χ3v) is 5.35. The normalized spacial score (nSPS) is 15.6. The lowest BCUT2D eigenvalue weighted by Crippen LogP contribution is -2.46. The first kappa shape index (κ1) is 20.4. The molecule has 1 aliphatic rings. The van der Waals surface area contributed by atoms with Crippen LogP contribution in [0, 0.1) is 6.92 Å². The molecule has 1 fully saturated rings. The third kappa shape index (κ3) is 3.55. The Morgan fingerprint density at radius 1 is 1.24 bits per heavy atom. The van der Waals surface area contributed by atoms with E-state index in [-0.39, 0.29) is 17.9 Å². The molecule has 3 amide bonds. The number of carbonyl (C=O) groups excluding carboxylic acids is 3. The minimum absolute atomic E-state index is 0.0244. The Hall–Kier alpha value is -3.36. The number of phenolic OH excluding ortho intramolecular Hbond substituents is 1. The first-order chi connectivity index (χ1) is 13.7. The fourth-order valence-electron chi connectivity index (χ4n) is 3.42. The SMILES string of the molecule is CCC1(CC)NC(=O)N(CC(=O)OCc2cc(=O)oc3c(C)c(O)ccc23)C1=O. The van der Waals surface area contributed by atoms with Gasteiger partial charge in [0.15, 0.2) is 0 Å². The summed E-state index contributed by atoms with van der Waals surface area (Å²) in [6.45, 7) is 4.40. The van der Waals surface area contributed by atoms with Gasteiger partial charge in [-0.15, -0.1) is 0 Å². The van der Waals surface area contributed by atoms with Crippen LogP contribution < -0.4 is 10.9 Å². The van der Waals surface area contributed by atoms with E-state index in [0.717, 1.165) is 4.90 Å².